The van der Waals surface area contributed by atoms with Gasteiger partial charge in [0.25, 0.3) is 0 Å². The summed E-state index contributed by atoms with van der Waals surface area (Å²) in [5, 5.41) is 20.2. The molecule has 11 heteroatoms. The summed E-state index contributed by atoms with van der Waals surface area (Å²) in [5.41, 5.74) is -1.72. The number of piperidine rings is 1. The molecule has 0 spiro atoms. The van der Waals surface area contributed by atoms with Crippen molar-refractivity contribution >= 4 is 6.09 Å². The predicted molar refractivity (Wildman–Crippen MR) is 103 cm³/mol. The van der Waals surface area contributed by atoms with Crippen molar-refractivity contribution in [1.29, 1.82) is 0 Å². The third-order valence-corrected chi connectivity index (χ3v) is 5.19. The van der Waals surface area contributed by atoms with E-state index in [0.29, 0.717) is 43.0 Å². The first-order valence-corrected chi connectivity index (χ1v) is 9.68. The lowest BCUT2D eigenvalue weighted by molar-refractivity contribution is -0.141. The van der Waals surface area contributed by atoms with Crippen LogP contribution in [0.25, 0.3) is 0 Å². The van der Waals surface area contributed by atoms with Gasteiger partial charge in [-0.05, 0) is 32.8 Å². The summed E-state index contributed by atoms with van der Waals surface area (Å²) in [6.45, 7) is 3.49. The number of amides is 1. The van der Waals surface area contributed by atoms with Crippen molar-refractivity contribution in [2.75, 3.05) is 19.7 Å². The Bertz CT molecular complexity index is 944. The quantitative estimate of drug-likeness (QED) is 0.734. The molecular weight excluding hydrogens is 417 g/mol. The molecule has 0 aromatic carbocycles. The van der Waals surface area contributed by atoms with E-state index in [1.165, 1.54) is 30.2 Å². The van der Waals surface area contributed by atoms with Crippen LogP contribution in [-0.2, 0) is 11.8 Å². The van der Waals surface area contributed by atoms with E-state index >= 15 is 0 Å². The van der Waals surface area contributed by atoms with Gasteiger partial charge in [-0.1, -0.05) is 6.07 Å². The fraction of sp³-hybridized carbons (Fsp3) is 0.500. The number of aliphatic hydroxyl groups is 1. The molecule has 31 heavy (non-hydrogen) atoms. The van der Waals surface area contributed by atoms with Gasteiger partial charge in [0.15, 0.2) is 0 Å². The summed E-state index contributed by atoms with van der Waals surface area (Å²) in [5.74, 6) is 0.139. The molecule has 2 aromatic heterocycles. The zero-order valence-corrected chi connectivity index (χ0v) is 17.1. The van der Waals surface area contributed by atoms with Crippen molar-refractivity contribution in [3.63, 3.8) is 0 Å². The van der Waals surface area contributed by atoms with Gasteiger partial charge >= 0.3 is 12.3 Å². The van der Waals surface area contributed by atoms with Crippen LogP contribution in [0.1, 0.15) is 48.5 Å². The fourth-order valence-corrected chi connectivity index (χ4v) is 3.50. The Labute approximate surface area is 176 Å². The molecule has 1 fully saturated rings. The number of pyridine rings is 1. The number of ether oxygens (including phenoxy) is 1. The summed E-state index contributed by atoms with van der Waals surface area (Å²) in [4.78, 5) is 24.5. The maximum atomic E-state index is 12.9. The van der Waals surface area contributed by atoms with Crippen LogP contribution in [0, 0.1) is 6.92 Å². The zero-order valence-electron chi connectivity index (χ0n) is 17.1. The maximum absolute atomic E-state index is 12.9. The predicted octanol–water partition coefficient (Wildman–Crippen LogP) is 3.34. The molecule has 8 nitrogen and oxygen atoms in total. The second-order valence-electron chi connectivity index (χ2n) is 7.68. The molecular formula is C20H23F3N4O4. The summed E-state index contributed by atoms with van der Waals surface area (Å²) in [6.07, 6.45) is -3.05. The smallest absolute Gasteiger partial charge is 0.433 e. The van der Waals surface area contributed by atoms with Crippen LogP contribution < -0.4 is 4.74 Å². The average Bonchev–Trinajstić information content (AvgIpc) is 2.72. The Morgan fingerprint density at radius 2 is 1.94 bits per heavy atom. The minimum absolute atomic E-state index is 0.0922. The second-order valence-corrected chi connectivity index (χ2v) is 7.68. The van der Waals surface area contributed by atoms with Gasteiger partial charge in [-0.15, -0.1) is 0 Å². The van der Waals surface area contributed by atoms with Crippen molar-refractivity contribution in [1.82, 2.24) is 19.9 Å². The third kappa shape index (κ3) is 5.40. The first-order chi connectivity index (χ1) is 14.5. The molecule has 0 radical (unpaired) electrons. The molecule has 2 aromatic rings. The van der Waals surface area contributed by atoms with E-state index in [4.69, 9.17) is 9.84 Å². The molecule has 0 aliphatic carbocycles. The number of hydrogen-bond donors (Lipinski definition) is 2. The molecule has 3 heterocycles. The molecule has 0 saturated carbocycles. The van der Waals surface area contributed by atoms with Crippen LogP contribution in [0.2, 0.25) is 0 Å². The van der Waals surface area contributed by atoms with Gasteiger partial charge < -0.3 is 19.8 Å². The largest absolute Gasteiger partial charge is 0.474 e. The summed E-state index contributed by atoms with van der Waals surface area (Å²) in [6, 6.07) is 3.29. The molecule has 1 unspecified atom stereocenters. The molecule has 3 rings (SSSR count). The van der Waals surface area contributed by atoms with Gasteiger partial charge in [0.05, 0.1) is 5.69 Å². The van der Waals surface area contributed by atoms with E-state index in [2.05, 4.69) is 15.0 Å². The number of aryl methyl sites for hydroxylation is 1. The van der Waals surface area contributed by atoms with Crippen LogP contribution in [-0.4, -0.2) is 55.9 Å². The second kappa shape index (κ2) is 8.66. The zero-order chi connectivity index (χ0) is 22.8. The van der Waals surface area contributed by atoms with Crippen LogP contribution in [0.5, 0.6) is 5.88 Å². The highest BCUT2D eigenvalue weighted by Gasteiger charge is 2.35. The number of halogens is 3. The first kappa shape index (κ1) is 22.7. The lowest BCUT2D eigenvalue weighted by Crippen LogP contribution is -2.38. The highest BCUT2D eigenvalue weighted by molar-refractivity contribution is 5.65. The van der Waals surface area contributed by atoms with Gasteiger partial charge in [-0.25, -0.2) is 19.7 Å². The number of nitrogens with zero attached hydrogens (tertiary/aromatic N) is 4. The molecule has 168 valence electrons. The molecule has 0 bridgehead atoms. The van der Waals surface area contributed by atoms with E-state index < -0.39 is 23.6 Å². The Morgan fingerprint density at radius 1 is 1.26 bits per heavy atom. The number of alkyl halides is 3. The van der Waals surface area contributed by atoms with Crippen molar-refractivity contribution < 1.29 is 32.9 Å². The van der Waals surface area contributed by atoms with Gasteiger partial charge in [0.1, 0.15) is 23.7 Å². The normalized spacial score (nSPS) is 17.3. The fourth-order valence-electron chi connectivity index (χ4n) is 3.50. The maximum Gasteiger partial charge on any atom is 0.433 e. The van der Waals surface area contributed by atoms with Crippen LogP contribution >= 0.6 is 0 Å². The number of aromatic nitrogens is 3. The van der Waals surface area contributed by atoms with E-state index in [9.17, 15) is 23.1 Å². The molecule has 1 aliphatic rings. The third-order valence-electron chi connectivity index (χ3n) is 5.19. The molecule has 1 aliphatic heterocycles. The van der Waals surface area contributed by atoms with Crippen molar-refractivity contribution in [2.24, 2.45) is 0 Å². The molecule has 1 atom stereocenters. The van der Waals surface area contributed by atoms with Gasteiger partial charge in [0, 0.05) is 36.8 Å². The SMILES string of the molecule is Cc1ncc(C(C)(O)COc2cccc(C(F)(F)F)n2)c(C2CCN(C(=O)O)CC2)n1. The Kier molecular flexibility index (Phi) is 6.35. The molecule has 1 amide bonds. The summed E-state index contributed by atoms with van der Waals surface area (Å²) < 4.78 is 44.0. The van der Waals surface area contributed by atoms with Crippen molar-refractivity contribution in [3.05, 3.63) is 47.2 Å². The lowest BCUT2D eigenvalue weighted by Gasteiger charge is -2.33. The Hall–Kier alpha value is -2.95. The number of hydrogen-bond acceptors (Lipinski definition) is 6. The van der Waals surface area contributed by atoms with E-state index in [1.807, 2.05) is 0 Å². The van der Waals surface area contributed by atoms with Gasteiger partial charge in [-0.2, -0.15) is 13.2 Å². The number of carbonyl (C=O) groups is 1. The highest BCUT2D eigenvalue weighted by Crippen LogP contribution is 2.34. The lowest BCUT2D eigenvalue weighted by atomic mass is 9.86. The van der Waals surface area contributed by atoms with Crippen LogP contribution in [0.3, 0.4) is 0 Å². The monoisotopic (exact) mass is 440 g/mol. The number of likely N-dealkylation sites (tertiary alicyclic amines) is 1. The van der Waals surface area contributed by atoms with Gasteiger partial charge in [0.2, 0.25) is 5.88 Å². The highest BCUT2D eigenvalue weighted by atomic mass is 19.4. The van der Waals surface area contributed by atoms with Gasteiger partial charge in [-0.3, -0.25) is 0 Å². The van der Waals surface area contributed by atoms with E-state index in [1.54, 1.807) is 6.92 Å². The summed E-state index contributed by atoms with van der Waals surface area (Å²) >= 11 is 0. The van der Waals surface area contributed by atoms with Crippen molar-refractivity contribution in [3.8, 4) is 5.88 Å². The van der Waals surface area contributed by atoms with E-state index in [-0.39, 0.29) is 18.4 Å². The first-order valence-electron chi connectivity index (χ1n) is 9.68. The number of carboxylic acid groups (broad SMARTS) is 1. The Morgan fingerprint density at radius 3 is 2.55 bits per heavy atom. The van der Waals surface area contributed by atoms with E-state index in [0.717, 1.165) is 6.07 Å². The average molecular weight is 440 g/mol. The standard InChI is InChI=1S/C20H23F3N4O4/c1-12-24-10-14(17(25-12)13-6-8-27(9-7-13)18(28)29)19(2,30)11-31-16-5-3-4-15(26-16)20(21,22)23/h3-5,10,13,30H,6-9,11H2,1-2H3,(H,28,29). The van der Waals surface area contributed by atoms with Crippen LogP contribution in [0.4, 0.5) is 18.0 Å². The number of rotatable bonds is 5. The van der Waals surface area contributed by atoms with Crippen molar-refractivity contribution in [2.45, 2.75) is 44.4 Å². The summed E-state index contributed by atoms with van der Waals surface area (Å²) in [7, 11) is 0. The minimum Gasteiger partial charge on any atom is -0.474 e. The Balaban J connectivity index is 1.79. The molecule has 2 N–H and O–H groups in total. The molecule has 1 saturated heterocycles. The topological polar surface area (TPSA) is 109 Å². The minimum atomic E-state index is -4.61. The van der Waals surface area contributed by atoms with Crippen LogP contribution in [0.15, 0.2) is 24.4 Å².